The van der Waals surface area contributed by atoms with Crippen LogP contribution in [0.3, 0.4) is 0 Å². The molecule has 2 N–H and O–H groups in total. The molecule has 0 aromatic heterocycles. The van der Waals surface area contributed by atoms with Crippen LogP contribution in [0.1, 0.15) is 34.7 Å². The zero-order valence-corrected chi connectivity index (χ0v) is 12.4. The minimum atomic E-state index is -0.186. The number of halogens is 1. The maximum atomic E-state index is 12.9. The second-order valence-corrected chi connectivity index (χ2v) is 5.70. The first-order valence-corrected chi connectivity index (χ1v) is 7.67. The maximum absolute atomic E-state index is 12.9. The highest BCUT2D eigenvalue weighted by Crippen LogP contribution is 2.31. The molecule has 0 radical (unpaired) electrons. The van der Waals surface area contributed by atoms with E-state index < -0.39 is 0 Å². The van der Waals surface area contributed by atoms with Crippen LogP contribution in [0.5, 0.6) is 0 Å². The van der Waals surface area contributed by atoms with Gasteiger partial charge in [0.05, 0.1) is 6.26 Å². The summed E-state index contributed by atoms with van der Waals surface area (Å²) in [6.45, 7) is 0.883. The number of rotatable bonds is 5. The van der Waals surface area contributed by atoms with Gasteiger partial charge in [-0.2, -0.15) is 0 Å². The third-order valence-corrected chi connectivity index (χ3v) is 4.23. The van der Waals surface area contributed by atoms with Crippen LogP contribution in [0.4, 0.5) is 4.39 Å². The molecule has 0 bridgehead atoms. The molecule has 2 aromatic carbocycles. The quantitative estimate of drug-likeness (QED) is 0.812. The minimum absolute atomic E-state index is 0.186. The molecule has 0 saturated carbocycles. The lowest BCUT2D eigenvalue weighted by molar-refractivity contribution is 0.478. The number of hydrogen-bond acceptors (Lipinski definition) is 2. The molecule has 1 unspecified atom stereocenters. The second-order valence-electron chi connectivity index (χ2n) is 5.70. The van der Waals surface area contributed by atoms with Crippen molar-refractivity contribution in [3.8, 4) is 0 Å². The predicted molar refractivity (Wildman–Crippen MR) is 87.3 cm³/mol. The van der Waals surface area contributed by atoms with Gasteiger partial charge in [0.15, 0.2) is 0 Å². The molecule has 0 saturated heterocycles. The number of hydrogen-bond donors (Lipinski definition) is 2. The van der Waals surface area contributed by atoms with Crippen LogP contribution < -0.4 is 5.32 Å². The molecular formula is C19H20FNO. The Kier molecular flexibility index (Phi) is 4.54. The van der Waals surface area contributed by atoms with Crippen LogP contribution in [0, 0.1) is 5.82 Å². The van der Waals surface area contributed by atoms with Gasteiger partial charge in [-0.25, -0.2) is 4.39 Å². The molecule has 0 amide bonds. The first-order valence-electron chi connectivity index (χ1n) is 7.67. The Morgan fingerprint density at radius 1 is 1.18 bits per heavy atom. The molecule has 2 aromatic rings. The highest BCUT2D eigenvalue weighted by atomic mass is 19.1. The van der Waals surface area contributed by atoms with Gasteiger partial charge in [0.25, 0.3) is 0 Å². The summed E-state index contributed by atoms with van der Waals surface area (Å²) in [7, 11) is 0. The smallest absolute Gasteiger partial charge is 0.123 e. The van der Waals surface area contributed by atoms with Crippen LogP contribution in [0.15, 0.2) is 48.7 Å². The summed E-state index contributed by atoms with van der Waals surface area (Å²) in [6.07, 6.45) is 5.85. The summed E-state index contributed by atoms with van der Waals surface area (Å²) in [5.41, 5.74) is 4.90. The lowest BCUT2D eigenvalue weighted by Gasteiger charge is -2.14. The lowest BCUT2D eigenvalue weighted by Crippen LogP contribution is -2.21. The van der Waals surface area contributed by atoms with E-state index in [1.807, 2.05) is 18.2 Å². The molecule has 3 heteroatoms. The third-order valence-electron chi connectivity index (χ3n) is 4.23. The van der Waals surface area contributed by atoms with E-state index in [4.69, 9.17) is 5.11 Å². The van der Waals surface area contributed by atoms with Gasteiger partial charge in [0, 0.05) is 6.04 Å². The number of aryl methyl sites for hydroxylation is 1. The molecule has 1 aliphatic rings. The molecule has 114 valence electrons. The Labute approximate surface area is 130 Å². The molecule has 22 heavy (non-hydrogen) atoms. The van der Waals surface area contributed by atoms with E-state index in [1.165, 1.54) is 23.3 Å². The zero-order valence-electron chi connectivity index (χ0n) is 12.4. The van der Waals surface area contributed by atoms with E-state index in [2.05, 4.69) is 17.4 Å². The Hall–Kier alpha value is -2.13. The van der Waals surface area contributed by atoms with Crippen molar-refractivity contribution in [3.63, 3.8) is 0 Å². The van der Waals surface area contributed by atoms with Crippen molar-refractivity contribution in [2.45, 2.75) is 25.3 Å². The topological polar surface area (TPSA) is 32.3 Å². The molecular weight excluding hydrogens is 277 g/mol. The molecule has 1 atom stereocenters. The normalized spacial score (nSPS) is 17.0. The first kappa shape index (κ1) is 14.8. The fourth-order valence-corrected chi connectivity index (χ4v) is 3.08. The Bertz CT molecular complexity index is 664. The highest BCUT2D eigenvalue weighted by Gasteiger charge is 2.21. The third kappa shape index (κ3) is 3.37. The Balaban J connectivity index is 1.58. The summed E-state index contributed by atoms with van der Waals surface area (Å²) in [5.74, 6) is -0.186. The van der Waals surface area contributed by atoms with Crippen molar-refractivity contribution in [1.29, 1.82) is 0 Å². The summed E-state index contributed by atoms with van der Waals surface area (Å²) in [6, 6.07) is 13.4. The van der Waals surface area contributed by atoms with Gasteiger partial charge < -0.3 is 10.4 Å². The first-order chi connectivity index (χ1) is 10.8. The van der Waals surface area contributed by atoms with Crippen molar-refractivity contribution in [2.24, 2.45) is 0 Å². The Morgan fingerprint density at radius 2 is 2.00 bits per heavy atom. The molecule has 1 aliphatic carbocycles. The van der Waals surface area contributed by atoms with Crippen LogP contribution in [0.25, 0.3) is 6.08 Å². The number of aliphatic hydroxyl groups excluding tert-OH is 1. The van der Waals surface area contributed by atoms with Crippen LogP contribution in [-0.2, 0) is 12.8 Å². The lowest BCUT2D eigenvalue weighted by atomic mass is 10.0. The molecule has 0 aliphatic heterocycles. The number of nitrogens with one attached hydrogen (secondary N) is 1. The summed E-state index contributed by atoms with van der Waals surface area (Å²) in [4.78, 5) is 0. The van der Waals surface area contributed by atoms with Gasteiger partial charge in [-0.15, -0.1) is 0 Å². The van der Waals surface area contributed by atoms with Crippen LogP contribution in [-0.4, -0.2) is 11.7 Å². The van der Waals surface area contributed by atoms with E-state index in [9.17, 15) is 4.39 Å². The number of fused-ring (bicyclic) bond motifs is 1. The number of benzene rings is 2. The fourth-order valence-electron chi connectivity index (χ4n) is 3.08. The summed E-state index contributed by atoms with van der Waals surface area (Å²) >= 11 is 0. The predicted octanol–water partition coefficient (Wildman–Crippen LogP) is 4.17. The van der Waals surface area contributed by atoms with Gasteiger partial charge >= 0.3 is 0 Å². The van der Waals surface area contributed by atoms with Crippen molar-refractivity contribution in [2.75, 3.05) is 6.54 Å². The van der Waals surface area contributed by atoms with Crippen molar-refractivity contribution >= 4 is 6.08 Å². The Morgan fingerprint density at radius 3 is 2.77 bits per heavy atom. The maximum Gasteiger partial charge on any atom is 0.123 e. The highest BCUT2D eigenvalue weighted by molar-refractivity contribution is 5.52. The molecule has 2 nitrogen and oxygen atoms in total. The van der Waals surface area contributed by atoms with Crippen LogP contribution >= 0.6 is 0 Å². The van der Waals surface area contributed by atoms with Gasteiger partial charge in [0.1, 0.15) is 5.82 Å². The average molecular weight is 297 g/mol. The van der Waals surface area contributed by atoms with E-state index in [1.54, 1.807) is 6.08 Å². The largest absolute Gasteiger partial charge is 0.516 e. The SMILES string of the molecule is O/C=C/c1ccc2c(c1)CCC2NCCc1ccc(F)cc1. The fraction of sp³-hybridized carbons (Fsp3) is 0.263. The van der Waals surface area contributed by atoms with E-state index in [0.717, 1.165) is 43.2 Å². The van der Waals surface area contributed by atoms with Gasteiger partial charge in [-0.1, -0.05) is 30.3 Å². The minimum Gasteiger partial charge on any atom is -0.516 e. The van der Waals surface area contributed by atoms with Crippen LogP contribution in [0.2, 0.25) is 0 Å². The summed E-state index contributed by atoms with van der Waals surface area (Å²) in [5, 5.41) is 12.4. The van der Waals surface area contributed by atoms with Crippen molar-refractivity contribution in [1.82, 2.24) is 5.32 Å². The summed E-state index contributed by atoms with van der Waals surface area (Å²) < 4.78 is 12.9. The molecule has 0 heterocycles. The average Bonchev–Trinajstić information content (AvgIpc) is 2.92. The van der Waals surface area contributed by atoms with Crippen molar-refractivity contribution in [3.05, 3.63) is 76.8 Å². The molecule has 0 fully saturated rings. The van der Waals surface area contributed by atoms with Gasteiger partial charge in [-0.05, 0) is 66.3 Å². The zero-order chi connectivity index (χ0) is 15.4. The van der Waals surface area contributed by atoms with E-state index in [0.29, 0.717) is 6.04 Å². The molecule has 3 rings (SSSR count). The number of aliphatic hydroxyl groups is 1. The second kappa shape index (κ2) is 6.75. The van der Waals surface area contributed by atoms with Gasteiger partial charge in [-0.3, -0.25) is 0 Å². The van der Waals surface area contributed by atoms with Crippen molar-refractivity contribution < 1.29 is 9.50 Å². The van der Waals surface area contributed by atoms with E-state index >= 15 is 0 Å². The van der Waals surface area contributed by atoms with Gasteiger partial charge in [0.2, 0.25) is 0 Å². The monoisotopic (exact) mass is 297 g/mol. The molecule has 0 spiro atoms. The standard InChI is InChI=1S/C19H20FNO/c20-17-5-1-14(2-6-17)9-11-21-19-8-4-16-13-15(10-12-22)3-7-18(16)19/h1-3,5-7,10,12-13,19,21-22H,4,8-9,11H2/b12-10+. The van der Waals surface area contributed by atoms with E-state index in [-0.39, 0.29) is 5.82 Å².